The van der Waals surface area contributed by atoms with Gasteiger partial charge in [-0.3, -0.25) is 0 Å². The Morgan fingerprint density at radius 2 is 1.97 bits per heavy atom. The largest absolute Gasteiger partial charge is 0.383 e. The van der Waals surface area contributed by atoms with Crippen molar-refractivity contribution in [1.82, 2.24) is 10.6 Å². The Kier molecular flexibility index (Phi) is 9.59. The summed E-state index contributed by atoms with van der Waals surface area (Å²) < 4.78 is 5.67. The Balaban J connectivity index is 0.00000320. The minimum atomic E-state index is -0.977. The monoisotopic (exact) mass is 543 g/mol. The van der Waals surface area contributed by atoms with Crippen molar-refractivity contribution in [2.24, 2.45) is 4.99 Å². The molecule has 3 rings (SSSR count). The number of hydrogen-bond donors (Lipinski definition) is 3. The van der Waals surface area contributed by atoms with E-state index in [9.17, 15) is 5.11 Å². The molecule has 1 aromatic heterocycles. The molecule has 0 aliphatic carbocycles. The van der Waals surface area contributed by atoms with Crippen LogP contribution in [-0.4, -0.2) is 43.9 Å². The summed E-state index contributed by atoms with van der Waals surface area (Å²) in [5.74, 6) is 0.738. The Morgan fingerprint density at radius 3 is 2.60 bits per heavy atom. The second-order valence-electron chi connectivity index (χ2n) is 8.04. The number of ether oxygens (including phenoxy) is 1. The number of nitrogens with zero attached hydrogens (tertiary/aromatic N) is 1. The number of rotatable bonds is 7. The number of benzene rings is 1. The molecule has 7 heteroatoms. The lowest BCUT2D eigenvalue weighted by Crippen LogP contribution is -2.48. The van der Waals surface area contributed by atoms with Crippen molar-refractivity contribution >= 4 is 41.3 Å². The summed E-state index contributed by atoms with van der Waals surface area (Å²) in [4.78, 5) is 4.69. The Bertz CT molecular complexity index is 803. The molecule has 1 saturated heterocycles. The molecule has 5 nitrogen and oxygen atoms in total. The molecule has 166 valence electrons. The fourth-order valence-electron chi connectivity index (χ4n) is 3.96. The summed E-state index contributed by atoms with van der Waals surface area (Å²) >= 11 is 1.59. The molecule has 1 aromatic carbocycles. The molecular formula is C23H34IN3O2S. The number of aliphatic hydroxyl groups is 1. The molecule has 1 fully saturated rings. The molecule has 0 saturated carbocycles. The van der Waals surface area contributed by atoms with Crippen molar-refractivity contribution in [3.8, 4) is 0 Å². The van der Waals surface area contributed by atoms with Crippen LogP contribution in [0, 0.1) is 6.92 Å². The van der Waals surface area contributed by atoms with Crippen LogP contribution in [0.25, 0.3) is 0 Å². The highest BCUT2D eigenvalue weighted by Crippen LogP contribution is 2.36. The van der Waals surface area contributed by atoms with Gasteiger partial charge in [0.1, 0.15) is 5.60 Å². The van der Waals surface area contributed by atoms with Crippen LogP contribution in [0.5, 0.6) is 0 Å². The zero-order valence-corrected chi connectivity index (χ0v) is 21.3. The normalized spacial score (nSPS) is 18.2. The van der Waals surface area contributed by atoms with Gasteiger partial charge in [0.05, 0.1) is 6.54 Å². The smallest absolute Gasteiger partial charge is 0.191 e. The van der Waals surface area contributed by atoms with E-state index in [2.05, 4.69) is 48.7 Å². The first-order chi connectivity index (χ1) is 14.0. The lowest BCUT2D eigenvalue weighted by molar-refractivity contribution is 0.0511. The number of hydrogen-bond acceptors (Lipinski definition) is 4. The fourth-order valence-corrected chi connectivity index (χ4v) is 4.74. The van der Waals surface area contributed by atoms with Gasteiger partial charge in [0.2, 0.25) is 0 Å². The highest BCUT2D eigenvalue weighted by atomic mass is 127. The fraction of sp³-hybridized carbons (Fsp3) is 0.522. The molecule has 1 unspecified atom stereocenters. The predicted octanol–water partition coefficient (Wildman–Crippen LogP) is 4.19. The Morgan fingerprint density at radius 1 is 1.23 bits per heavy atom. The van der Waals surface area contributed by atoms with Crippen molar-refractivity contribution < 1.29 is 9.84 Å². The van der Waals surface area contributed by atoms with Crippen LogP contribution < -0.4 is 10.6 Å². The Hall–Kier alpha value is -1.16. The summed E-state index contributed by atoms with van der Waals surface area (Å²) in [6, 6.07) is 10.6. The van der Waals surface area contributed by atoms with Crippen molar-refractivity contribution in [2.45, 2.75) is 44.6 Å². The van der Waals surface area contributed by atoms with Crippen molar-refractivity contribution in [3.63, 3.8) is 0 Å². The third-order valence-electron chi connectivity index (χ3n) is 5.79. The highest BCUT2D eigenvalue weighted by molar-refractivity contribution is 14.0. The van der Waals surface area contributed by atoms with E-state index in [1.54, 1.807) is 11.3 Å². The maximum Gasteiger partial charge on any atom is 0.191 e. The predicted molar refractivity (Wildman–Crippen MR) is 136 cm³/mol. The van der Waals surface area contributed by atoms with E-state index < -0.39 is 5.60 Å². The average Bonchev–Trinajstić information content (AvgIpc) is 3.27. The van der Waals surface area contributed by atoms with Gasteiger partial charge in [0, 0.05) is 31.7 Å². The highest BCUT2D eigenvalue weighted by Gasteiger charge is 2.35. The molecule has 1 aliphatic heterocycles. The SMILES string of the molecule is CCNC(=NCC(C)(O)c1ccsc1)NCC1(c2ccccc2C)CCOCC1.I. The summed E-state index contributed by atoms with van der Waals surface area (Å²) in [6.07, 6.45) is 1.97. The van der Waals surface area contributed by atoms with Crippen molar-refractivity contribution in [1.29, 1.82) is 0 Å². The van der Waals surface area contributed by atoms with E-state index in [4.69, 9.17) is 9.73 Å². The lowest BCUT2D eigenvalue weighted by Gasteiger charge is -2.39. The van der Waals surface area contributed by atoms with Gasteiger partial charge in [-0.05, 0) is 67.1 Å². The summed E-state index contributed by atoms with van der Waals surface area (Å²) in [5, 5.41) is 21.6. The van der Waals surface area contributed by atoms with Gasteiger partial charge in [-0.1, -0.05) is 24.3 Å². The first-order valence-electron chi connectivity index (χ1n) is 10.4. The molecule has 0 spiro atoms. The van der Waals surface area contributed by atoms with Gasteiger partial charge in [-0.2, -0.15) is 11.3 Å². The quantitative estimate of drug-likeness (QED) is 0.279. The number of aryl methyl sites for hydroxylation is 1. The number of thiophene rings is 1. The minimum Gasteiger partial charge on any atom is -0.383 e. The number of aliphatic imine (C=N–C) groups is 1. The van der Waals surface area contributed by atoms with E-state index in [1.165, 1.54) is 11.1 Å². The van der Waals surface area contributed by atoms with Crippen LogP contribution in [0.4, 0.5) is 0 Å². The first-order valence-corrected chi connectivity index (χ1v) is 11.3. The van der Waals surface area contributed by atoms with Gasteiger partial charge in [0.25, 0.3) is 0 Å². The molecule has 1 aliphatic rings. The molecule has 3 N–H and O–H groups in total. The molecule has 2 aromatic rings. The van der Waals surface area contributed by atoms with Crippen molar-refractivity contribution in [3.05, 3.63) is 57.8 Å². The van der Waals surface area contributed by atoms with Gasteiger partial charge < -0.3 is 20.5 Å². The third-order valence-corrected chi connectivity index (χ3v) is 6.48. The van der Waals surface area contributed by atoms with Gasteiger partial charge >= 0.3 is 0 Å². The van der Waals surface area contributed by atoms with Gasteiger partial charge in [0.15, 0.2) is 5.96 Å². The van der Waals surface area contributed by atoms with Crippen LogP contribution in [0.3, 0.4) is 0 Å². The molecule has 2 heterocycles. The lowest BCUT2D eigenvalue weighted by atomic mass is 9.72. The summed E-state index contributed by atoms with van der Waals surface area (Å²) in [5.41, 5.74) is 2.66. The third kappa shape index (κ3) is 6.18. The van der Waals surface area contributed by atoms with Crippen LogP contribution in [0.15, 0.2) is 46.1 Å². The van der Waals surface area contributed by atoms with Crippen LogP contribution in [0.1, 0.15) is 43.4 Å². The zero-order valence-electron chi connectivity index (χ0n) is 18.1. The Labute approximate surface area is 201 Å². The standard InChI is InChI=1S/C23H33N3O2S.HI/c1-4-24-21(25-16-22(3,27)19-9-14-29-15-19)26-17-23(10-12-28-13-11-23)20-8-6-5-7-18(20)2;/h5-9,14-15,27H,4,10-13,16-17H2,1-3H3,(H2,24,25,26);1H. The van der Waals surface area contributed by atoms with Crippen LogP contribution >= 0.6 is 35.3 Å². The molecule has 0 bridgehead atoms. The van der Waals surface area contributed by atoms with Crippen LogP contribution in [-0.2, 0) is 15.8 Å². The minimum absolute atomic E-state index is 0. The second kappa shape index (κ2) is 11.5. The first kappa shape index (κ1) is 25.1. The number of halogens is 1. The van der Waals surface area contributed by atoms with E-state index >= 15 is 0 Å². The molecule has 0 radical (unpaired) electrons. The van der Waals surface area contributed by atoms with Gasteiger partial charge in [-0.25, -0.2) is 4.99 Å². The molecule has 1 atom stereocenters. The molecular weight excluding hydrogens is 509 g/mol. The summed E-state index contributed by atoms with van der Waals surface area (Å²) in [7, 11) is 0. The van der Waals surface area contributed by atoms with E-state index in [0.29, 0.717) is 6.54 Å². The number of nitrogens with one attached hydrogen (secondary N) is 2. The summed E-state index contributed by atoms with van der Waals surface area (Å²) in [6.45, 7) is 9.46. The zero-order chi connectivity index (χ0) is 20.7. The maximum atomic E-state index is 10.8. The average molecular weight is 544 g/mol. The van der Waals surface area contributed by atoms with E-state index in [0.717, 1.165) is 50.7 Å². The van der Waals surface area contributed by atoms with E-state index in [1.807, 2.05) is 23.8 Å². The molecule has 30 heavy (non-hydrogen) atoms. The van der Waals surface area contributed by atoms with E-state index in [-0.39, 0.29) is 29.4 Å². The van der Waals surface area contributed by atoms with Crippen molar-refractivity contribution in [2.75, 3.05) is 32.8 Å². The van der Waals surface area contributed by atoms with Gasteiger partial charge in [-0.15, -0.1) is 24.0 Å². The second-order valence-corrected chi connectivity index (χ2v) is 8.82. The molecule has 0 amide bonds. The maximum absolute atomic E-state index is 10.8. The number of guanidine groups is 1. The topological polar surface area (TPSA) is 65.9 Å². The van der Waals surface area contributed by atoms with Crippen LogP contribution in [0.2, 0.25) is 0 Å².